The predicted molar refractivity (Wildman–Crippen MR) is 233 cm³/mol. The second-order valence-electron chi connectivity index (χ2n) is 15.4. The van der Waals surface area contributed by atoms with Gasteiger partial charge in [-0.1, -0.05) is 59.6 Å². The number of hydrogen-bond donors (Lipinski definition) is 2. The van der Waals surface area contributed by atoms with Crippen LogP contribution in [-0.2, 0) is 20.7 Å². The summed E-state index contributed by atoms with van der Waals surface area (Å²) in [4.78, 5) is 41.9. The van der Waals surface area contributed by atoms with Gasteiger partial charge < -0.3 is 20.3 Å². The summed E-state index contributed by atoms with van der Waals surface area (Å²) in [6, 6.07) is 34.3. The van der Waals surface area contributed by atoms with Crippen LogP contribution in [0.3, 0.4) is 0 Å². The summed E-state index contributed by atoms with van der Waals surface area (Å²) < 4.78 is 0. The monoisotopic (exact) mass is 806 g/mol. The van der Waals surface area contributed by atoms with Crippen LogP contribution in [0.1, 0.15) is 75.3 Å². The maximum absolute atomic E-state index is 12.4. The largest absolute Gasteiger partial charge is 0.326 e. The molecule has 0 atom stereocenters. The van der Waals surface area contributed by atoms with Gasteiger partial charge in [0.2, 0.25) is 11.8 Å². The molecule has 4 aromatic carbocycles. The number of anilines is 2. The summed E-state index contributed by atoms with van der Waals surface area (Å²) in [5.74, 6) is 0.625. The number of carbonyl (C=O) groups excluding carboxylic acids is 2. The zero-order chi connectivity index (χ0) is 40.5. The second-order valence-corrected chi connectivity index (χ2v) is 16.3. The van der Waals surface area contributed by atoms with E-state index in [1.54, 1.807) is 60.9 Å². The molecule has 2 aliphatic rings. The molecule has 2 amide bonds. The lowest BCUT2D eigenvalue weighted by Gasteiger charge is -2.31. The topological polar surface area (TPSA) is 92.7 Å². The van der Waals surface area contributed by atoms with Crippen molar-refractivity contribution in [2.75, 3.05) is 10.6 Å². The highest BCUT2D eigenvalue weighted by molar-refractivity contribution is 6.31. The zero-order valence-corrected chi connectivity index (χ0v) is 33.6. The maximum Gasteiger partial charge on any atom is 0.258 e. The molecule has 0 bridgehead atoms. The highest BCUT2D eigenvalue weighted by Gasteiger charge is 2.45. The second kappa shape index (κ2) is 18.2. The standard InChI is InChI=1S/2C24H22ClN3O/c2*1-26-24(21-12-15-27-22-5-3-2-4-20(21)22)13-10-17(11-14-24)16-23(29)28-19-8-6-18(25)7-9-19/h2*2-9,12,15,17H,10-11,13-14,16H2,(H,28,29). The molecular weight excluding hydrogens is 763 g/mol. The van der Waals surface area contributed by atoms with Crippen molar-refractivity contribution in [3.8, 4) is 0 Å². The fraction of sp³-hybridized carbons (Fsp3) is 0.292. The molecule has 6 aromatic rings. The number of nitrogens with one attached hydrogen (secondary N) is 2. The molecule has 2 aliphatic carbocycles. The zero-order valence-electron chi connectivity index (χ0n) is 32.1. The first-order valence-corrected chi connectivity index (χ1v) is 20.5. The van der Waals surface area contributed by atoms with Crippen LogP contribution >= 0.6 is 23.2 Å². The number of pyridine rings is 2. The number of benzene rings is 4. The number of hydrogen-bond acceptors (Lipinski definition) is 4. The molecule has 58 heavy (non-hydrogen) atoms. The Labute approximate surface area is 349 Å². The van der Waals surface area contributed by atoms with Crippen LogP contribution in [0.15, 0.2) is 122 Å². The van der Waals surface area contributed by atoms with Gasteiger partial charge in [-0.25, -0.2) is 13.1 Å². The number of fused-ring (bicyclic) bond motifs is 2. The lowest BCUT2D eigenvalue weighted by Crippen LogP contribution is -2.30. The van der Waals surface area contributed by atoms with Crippen LogP contribution in [0, 0.1) is 25.0 Å². The van der Waals surface area contributed by atoms with Gasteiger partial charge in [-0.3, -0.25) is 19.6 Å². The van der Waals surface area contributed by atoms with Crippen molar-refractivity contribution >= 4 is 68.2 Å². The van der Waals surface area contributed by atoms with Gasteiger partial charge in [0.05, 0.1) is 11.0 Å². The summed E-state index contributed by atoms with van der Waals surface area (Å²) in [5.41, 5.74) is 4.47. The Hall–Kier alpha value is -5.80. The number of nitrogens with zero attached hydrogens (tertiary/aromatic N) is 4. The van der Waals surface area contributed by atoms with Crippen molar-refractivity contribution in [2.45, 2.75) is 75.3 Å². The normalized spacial score (nSPS) is 21.4. The Morgan fingerprint density at radius 1 is 0.569 bits per heavy atom. The van der Waals surface area contributed by atoms with E-state index in [0.717, 1.165) is 95.7 Å². The Morgan fingerprint density at radius 3 is 1.29 bits per heavy atom. The minimum atomic E-state index is -0.522. The minimum absolute atomic E-state index is 0.0157. The Morgan fingerprint density at radius 2 is 0.931 bits per heavy atom. The highest BCUT2D eigenvalue weighted by Crippen LogP contribution is 2.47. The third-order valence-corrected chi connectivity index (χ3v) is 12.3. The van der Waals surface area contributed by atoms with Crippen LogP contribution in [0.4, 0.5) is 11.4 Å². The molecular formula is C48H44Cl2N6O2. The van der Waals surface area contributed by atoms with Crippen molar-refractivity contribution in [3.05, 3.63) is 166 Å². The smallest absolute Gasteiger partial charge is 0.258 e. The van der Waals surface area contributed by atoms with E-state index < -0.39 is 11.1 Å². The first kappa shape index (κ1) is 40.4. The van der Waals surface area contributed by atoms with Crippen LogP contribution < -0.4 is 10.6 Å². The summed E-state index contributed by atoms with van der Waals surface area (Å²) >= 11 is 11.8. The van der Waals surface area contributed by atoms with E-state index in [0.29, 0.717) is 34.7 Å². The Balaban J connectivity index is 0.000000177. The minimum Gasteiger partial charge on any atom is -0.326 e. The molecule has 2 aromatic heterocycles. The van der Waals surface area contributed by atoms with Gasteiger partial charge in [-0.05, 0) is 110 Å². The number of halogens is 2. The van der Waals surface area contributed by atoms with Crippen LogP contribution in [-0.4, -0.2) is 21.8 Å². The molecule has 2 heterocycles. The van der Waals surface area contributed by atoms with Crippen molar-refractivity contribution in [1.29, 1.82) is 0 Å². The van der Waals surface area contributed by atoms with Crippen molar-refractivity contribution < 1.29 is 9.59 Å². The third kappa shape index (κ3) is 9.32. The van der Waals surface area contributed by atoms with Crippen LogP contribution in [0.25, 0.3) is 31.5 Å². The number of amides is 2. The first-order valence-electron chi connectivity index (χ1n) is 19.8. The van der Waals surface area contributed by atoms with E-state index in [2.05, 4.69) is 42.4 Å². The molecule has 0 saturated heterocycles. The molecule has 0 unspecified atom stereocenters. The van der Waals surface area contributed by atoms with Gasteiger partial charge in [-0.2, -0.15) is 0 Å². The van der Waals surface area contributed by atoms with Crippen LogP contribution in [0.2, 0.25) is 10.0 Å². The Kier molecular flexibility index (Phi) is 12.7. The van der Waals surface area contributed by atoms with E-state index in [4.69, 9.17) is 36.3 Å². The number of carbonyl (C=O) groups is 2. The number of aromatic nitrogens is 2. The fourth-order valence-electron chi connectivity index (χ4n) is 8.62. The lowest BCUT2D eigenvalue weighted by molar-refractivity contribution is -0.118. The molecule has 2 fully saturated rings. The van der Waals surface area contributed by atoms with Gasteiger partial charge in [0.25, 0.3) is 11.1 Å². The van der Waals surface area contributed by atoms with Crippen LogP contribution in [0.5, 0.6) is 0 Å². The van der Waals surface area contributed by atoms with Gasteiger partial charge in [0.1, 0.15) is 0 Å². The highest BCUT2D eigenvalue weighted by atomic mass is 35.5. The summed E-state index contributed by atoms with van der Waals surface area (Å²) in [7, 11) is 0. The quantitative estimate of drug-likeness (QED) is 0.150. The SMILES string of the molecule is [C-]#[N+]C1(c2ccnc3ccccc23)CCC(CC(=O)Nc2ccc(Cl)cc2)CC1.[C-]#[N+]C1(c2ccnc3ccccc23)CCC(CC(=O)Nc2ccc(Cl)cc2)CC1. The van der Waals surface area contributed by atoms with E-state index in [1.165, 1.54) is 0 Å². The van der Waals surface area contributed by atoms with E-state index in [1.807, 2.05) is 48.5 Å². The molecule has 8 rings (SSSR count). The molecule has 0 aliphatic heterocycles. The fourth-order valence-corrected chi connectivity index (χ4v) is 8.87. The summed E-state index contributed by atoms with van der Waals surface area (Å²) in [5, 5.41) is 9.30. The van der Waals surface area contributed by atoms with Crippen molar-refractivity contribution in [1.82, 2.24) is 9.97 Å². The molecule has 0 spiro atoms. The van der Waals surface area contributed by atoms with Gasteiger partial charge in [0.15, 0.2) is 0 Å². The number of para-hydroxylation sites is 2. The molecule has 2 saturated carbocycles. The van der Waals surface area contributed by atoms with Gasteiger partial charge in [-0.15, -0.1) is 0 Å². The van der Waals surface area contributed by atoms with E-state index in [-0.39, 0.29) is 11.8 Å². The Bertz CT molecular complexity index is 2290. The molecule has 2 N–H and O–H groups in total. The van der Waals surface area contributed by atoms with Gasteiger partial charge in [0, 0.05) is 94.2 Å². The van der Waals surface area contributed by atoms with E-state index >= 15 is 0 Å². The van der Waals surface area contributed by atoms with Crippen molar-refractivity contribution in [3.63, 3.8) is 0 Å². The summed E-state index contributed by atoms with van der Waals surface area (Å²) in [6.45, 7) is 15.9. The third-order valence-electron chi connectivity index (χ3n) is 11.8. The number of rotatable bonds is 8. The molecule has 10 heteroatoms. The van der Waals surface area contributed by atoms with Crippen molar-refractivity contribution in [2.24, 2.45) is 11.8 Å². The molecule has 8 nitrogen and oxygen atoms in total. The maximum atomic E-state index is 12.4. The first-order chi connectivity index (χ1) is 28.2. The van der Waals surface area contributed by atoms with Gasteiger partial charge >= 0.3 is 0 Å². The molecule has 292 valence electrons. The molecule has 0 radical (unpaired) electrons. The average Bonchev–Trinajstić information content (AvgIpc) is 3.26. The average molecular weight is 808 g/mol. The van der Waals surface area contributed by atoms with E-state index in [9.17, 15) is 9.59 Å². The summed E-state index contributed by atoms with van der Waals surface area (Å²) in [6.07, 6.45) is 11.1. The predicted octanol–water partition coefficient (Wildman–Crippen LogP) is 12.4. The lowest BCUT2D eigenvalue weighted by atomic mass is 9.71.